The Bertz CT molecular complexity index is 464. The molecule has 4 heteroatoms. The summed E-state index contributed by atoms with van der Waals surface area (Å²) in [5.74, 6) is 0.945. The first kappa shape index (κ1) is 16.1. The summed E-state index contributed by atoms with van der Waals surface area (Å²) < 4.78 is 5.96. The van der Waals surface area contributed by atoms with E-state index in [2.05, 4.69) is 31.4 Å². The zero-order valence-electron chi connectivity index (χ0n) is 13.2. The molecule has 1 aromatic rings. The number of rotatable bonds is 5. The van der Waals surface area contributed by atoms with Crippen molar-refractivity contribution in [1.29, 1.82) is 0 Å². The minimum Gasteiger partial charge on any atom is -0.490 e. The van der Waals surface area contributed by atoms with Crippen LogP contribution in [-0.4, -0.2) is 16.8 Å². The molecular weight excluding hydrogens is 280 g/mol. The van der Waals surface area contributed by atoms with Crippen LogP contribution >= 0.6 is 12.2 Å². The van der Waals surface area contributed by atoms with Gasteiger partial charge in [-0.2, -0.15) is 0 Å². The maximum Gasteiger partial charge on any atom is 0.171 e. The van der Waals surface area contributed by atoms with E-state index in [9.17, 15) is 0 Å². The van der Waals surface area contributed by atoms with Crippen LogP contribution in [0.4, 0.5) is 5.69 Å². The summed E-state index contributed by atoms with van der Waals surface area (Å²) >= 11 is 5.35. The molecule has 0 saturated heterocycles. The van der Waals surface area contributed by atoms with Gasteiger partial charge in [0.1, 0.15) is 5.75 Å². The van der Waals surface area contributed by atoms with Gasteiger partial charge in [-0.25, -0.2) is 0 Å². The van der Waals surface area contributed by atoms with Crippen molar-refractivity contribution in [1.82, 2.24) is 5.32 Å². The Morgan fingerprint density at radius 3 is 2.43 bits per heavy atom. The summed E-state index contributed by atoms with van der Waals surface area (Å²) in [7, 11) is 0. The van der Waals surface area contributed by atoms with E-state index in [4.69, 9.17) is 17.0 Å². The van der Waals surface area contributed by atoms with E-state index < -0.39 is 0 Å². The maximum absolute atomic E-state index is 5.96. The number of thiocarbonyl (C=S) groups is 1. The Balaban J connectivity index is 1.85. The third-order valence-electron chi connectivity index (χ3n) is 4.05. The minimum absolute atomic E-state index is 0.00953. The fraction of sp³-hybridized carbons (Fsp3) is 0.588. The van der Waals surface area contributed by atoms with Crippen molar-refractivity contribution in [3.05, 3.63) is 24.3 Å². The van der Waals surface area contributed by atoms with Crippen LogP contribution in [0.3, 0.4) is 0 Å². The van der Waals surface area contributed by atoms with Crippen molar-refractivity contribution < 1.29 is 4.74 Å². The predicted molar refractivity (Wildman–Crippen MR) is 93.1 cm³/mol. The van der Waals surface area contributed by atoms with Crippen molar-refractivity contribution in [2.24, 2.45) is 0 Å². The van der Waals surface area contributed by atoms with Gasteiger partial charge in [-0.3, -0.25) is 0 Å². The molecule has 0 spiro atoms. The van der Waals surface area contributed by atoms with E-state index in [1.165, 1.54) is 25.7 Å². The van der Waals surface area contributed by atoms with Crippen molar-refractivity contribution in [2.75, 3.05) is 5.32 Å². The summed E-state index contributed by atoms with van der Waals surface area (Å²) in [6.45, 7) is 6.42. The molecule has 0 radical (unpaired) electrons. The lowest BCUT2D eigenvalue weighted by Gasteiger charge is -2.26. The summed E-state index contributed by atoms with van der Waals surface area (Å²) in [4.78, 5) is 0. The molecule has 1 aromatic carbocycles. The van der Waals surface area contributed by atoms with Crippen molar-refractivity contribution in [2.45, 2.75) is 64.5 Å². The highest BCUT2D eigenvalue weighted by Crippen LogP contribution is 2.25. The average molecular weight is 306 g/mol. The Kier molecular flexibility index (Phi) is 5.45. The number of benzene rings is 1. The van der Waals surface area contributed by atoms with Crippen molar-refractivity contribution in [3.8, 4) is 5.75 Å². The topological polar surface area (TPSA) is 33.3 Å². The number of hydrogen-bond acceptors (Lipinski definition) is 2. The summed E-state index contributed by atoms with van der Waals surface area (Å²) in [6.07, 6.45) is 6.36. The fourth-order valence-corrected chi connectivity index (χ4v) is 2.77. The molecule has 1 aliphatic carbocycles. The summed E-state index contributed by atoms with van der Waals surface area (Å²) in [6, 6.07) is 8.04. The highest BCUT2D eigenvalue weighted by molar-refractivity contribution is 7.80. The Hall–Kier alpha value is -1.29. The zero-order valence-corrected chi connectivity index (χ0v) is 14.1. The molecule has 1 saturated carbocycles. The van der Waals surface area contributed by atoms with Crippen LogP contribution in [0.25, 0.3) is 0 Å². The van der Waals surface area contributed by atoms with Gasteiger partial charge in [-0.05, 0) is 82.4 Å². The van der Waals surface area contributed by atoms with Gasteiger partial charge >= 0.3 is 0 Å². The molecule has 2 rings (SSSR count). The number of nitrogens with one attached hydrogen (secondary N) is 2. The first-order valence-corrected chi connectivity index (χ1v) is 8.25. The average Bonchev–Trinajstić information content (AvgIpc) is 2.93. The van der Waals surface area contributed by atoms with Gasteiger partial charge < -0.3 is 15.4 Å². The monoisotopic (exact) mass is 306 g/mol. The summed E-state index contributed by atoms with van der Waals surface area (Å²) in [5, 5.41) is 7.19. The molecule has 1 fully saturated rings. The Labute approximate surface area is 133 Å². The standard InChI is InChI=1S/C17H26N2OS/c1-4-17(2,3)19-16(21)18-13-9-11-15(12-10-13)20-14-7-5-6-8-14/h9-12,14H,4-8H2,1-3H3,(H2,18,19,21). The van der Waals surface area contributed by atoms with E-state index in [-0.39, 0.29) is 5.54 Å². The second kappa shape index (κ2) is 7.12. The lowest BCUT2D eigenvalue weighted by Crippen LogP contribution is -2.44. The fourth-order valence-electron chi connectivity index (χ4n) is 2.37. The van der Waals surface area contributed by atoms with Crippen molar-refractivity contribution >= 4 is 23.0 Å². The lowest BCUT2D eigenvalue weighted by atomic mass is 10.0. The molecular formula is C17H26N2OS. The van der Waals surface area contributed by atoms with E-state index in [1.54, 1.807) is 0 Å². The third kappa shape index (κ3) is 5.20. The van der Waals surface area contributed by atoms with Gasteiger partial charge in [0, 0.05) is 11.2 Å². The summed E-state index contributed by atoms with van der Waals surface area (Å²) in [5.41, 5.74) is 0.994. The van der Waals surface area contributed by atoms with E-state index >= 15 is 0 Å². The van der Waals surface area contributed by atoms with Gasteiger partial charge in [0.2, 0.25) is 0 Å². The molecule has 0 atom stereocenters. The van der Waals surface area contributed by atoms with Crippen LogP contribution in [0.1, 0.15) is 52.9 Å². The van der Waals surface area contributed by atoms with Crippen LogP contribution in [0.5, 0.6) is 5.75 Å². The molecule has 0 amide bonds. The van der Waals surface area contributed by atoms with Gasteiger partial charge in [0.25, 0.3) is 0 Å². The van der Waals surface area contributed by atoms with Gasteiger partial charge in [-0.1, -0.05) is 6.92 Å². The zero-order chi connectivity index (χ0) is 15.3. The number of ether oxygens (including phenoxy) is 1. The second-order valence-corrected chi connectivity index (χ2v) is 6.77. The van der Waals surface area contributed by atoms with Crippen LogP contribution in [0.2, 0.25) is 0 Å². The maximum atomic E-state index is 5.96. The Morgan fingerprint density at radius 2 is 1.86 bits per heavy atom. The van der Waals surface area contributed by atoms with Gasteiger partial charge in [0.05, 0.1) is 6.10 Å². The smallest absolute Gasteiger partial charge is 0.171 e. The van der Waals surface area contributed by atoms with Gasteiger partial charge in [-0.15, -0.1) is 0 Å². The second-order valence-electron chi connectivity index (χ2n) is 6.37. The van der Waals surface area contributed by atoms with Crippen LogP contribution < -0.4 is 15.4 Å². The highest BCUT2D eigenvalue weighted by atomic mass is 32.1. The normalized spacial score (nSPS) is 15.8. The number of hydrogen-bond donors (Lipinski definition) is 2. The first-order chi connectivity index (χ1) is 9.98. The molecule has 3 nitrogen and oxygen atoms in total. The molecule has 21 heavy (non-hydrogen) atoms. The third-order valence-corrected chi connectivity index (χ3v) is 4.26. The van der Waals surface area contributed by atoms with Crippen LogP contribution in [0.15, 0.2) is 24.3 Å². The minimum atomic E-state index is 0.00953. The van der Waals surface area contributed by atoms with Crippen LogP contribution in [-0.2, 0) is 0 Å². The molecule has 116 valence electrons. The molecule has 1 aliphatic rings. The molecule has 0 aromatic heterocycles. The number of anilines is 1. The molecule has 2 N–H and O–H groups in total. The molecule has 0 heterocycles. The largest absolute Gasteiger partial charge is 0.490 e. The molecule has 0 aliphatic heterocycles. The van der Waals surface area contributed by atoms with Crippen molar-refractivity contribution in [3.63, 3.8) is 0 Å². The highest BCUT2D eigenvalue weighted by Gasteiger charge is 2.17. The van der Waals surface area contributed by atoms with E-state index in [0.717, 1.165) is 17.9 Å². The Morgan fingerprint density at radius 1 is 1.24 bits per heavy atom. The first-order valence-electron chi connectivity index (χ1n) is 7.84. The van der Waals surface area contributed by atoms with Crippen LogP contribution in [0, 0.1) is 0 Å². The predicted octanol–water partition coefficient (Wildman–Crippen LogP) is 4.48. The molecule has 0 bridgehead atoms. The van der Waals surface area contributed by atoms with E-state index in [0.29, 0.717) is 11.2 Å². The van der Waals surface area contributed by atoms with E-state index in [1.807, 2.05) is 24.3 Å². The SMILES string of the molecule is CCC(C)(C)NC(=S)Nc1ccc(OC2CCCC2)cc1. The quantitative estimate of drug-likeness (QED) is 0.786. The molecule has 0 unspecified atom stereocenters. The lowest BCUT2D eigenvalue weighted by molar-refractivity contribution is 0.210. The van der Waals surface area contributed by atoms with Gasteiger partial charge in [0.15, 0.2) is 5.11 Å².